The highest BCUT2D eigenvalue weighted by molar-refractivity contribution is 5.89. The van der Waals surface area contributed by atoms with E-state index in [2.05, 4.69) is 16.4 Å². The lowest BCUT2D eigenvalue weighted by Gasteiger charge is -2.09. The minimum Gasteiger partial charge on any atom is -0.497 e. The van der Waals surface area contributed by atoms with E-state index in [1.807, 2.05) is 12.1 Å². The normalized spacial score (nSPS) is 14.8. The van der Waals surface area contributed by atoms with E-state index in [1.54, 1.807) is 14.2 Å². The Balaban J connectivity index is 0.00000208. The number of hydrogen-bond donors (Lipinski definition) is 3. The first-order valence-corrected chi connectivity index (χ1v) is 7.86. The molecule has 1 fully saturated rings. The van der Waals surface area contributed by atoms with Gasteiger partial charge in [-0.25, -0.2) is 0 Å². The van der Waals surface area contributed by atoms with Crippen LogP contribution in [0, 0.1) is 0 Å². The molecular formula is C17H24ClN3O3. The van der Waals surface area contributed by atoms with Crippen molar-refractivity contribution in [3.63, 3.8) is 0 Å². The van der Waals surface area contributed by atoms with Gasteiger partial charge in [0.05, 0.1) is 25.3 Å². The molecule has 7 heteroatoms. The van der Waals surface area contributed by atoms with E-state index >= 15 is 0 Å². The van der Waals surface area contributed by atoms with Gasteiger partial charge in [-0.2, -0.15) is 0 Å². The van der Waals surface area contributed by atoms with Gasteiger partial charge in [-0.3, -0.25) is 4.79 Å². The van der Waals surface area contributed by atoms with Gasteiger partial charge in [0, 0.05) is 29.8 Å². The first-order chi connectivity index (χ1) is 11.1. The standard InChI is InChI=1S/C17H23N3O3.ClH/c1-22-12-9-14-13(15(10-12)23-2)8-11(20-14)4-3-7-19-16(21)17(18)5-6-17;/h8-10,20H,3-7,18H2,1-2H3,(H,19,21);1H. The van der Waals surface area contributed by atoms with Crippen LogP contribution in [0.1, 0.15) is 25.0 Å². The fourth-order valence-electron chi connectivity index (χ4n) is 2.68. The average Bonchev–Trinajstić information content (AvgIpc) is 3.18. The third-order valence-corrected chi connectivity index (χ3v) is 4.33. The Labute approximate surface area is 147 Å². The van der Waals surface area contributed by atoms with Gasteiger partial charge in [0.15, 0.2) is 0 Å². The Bertz CT molecular complexity index is 725. The van der Waals surface area contributed by atoms with Gasteiger partial charge >= 0.3 is 0 Å². The lowest BCUT2D eigenvalue weighted by molar-refractivity contribution is -0.123. The molecule has 0 radical (unpaired) electrons. The lowest BCUT2D eigenvalue weighted by Crippen LogP contribution is -2.43. The molecule has 132 valence electrons. The van der Waals surface area contributed by atoms with Gasteiger partial charge in [0.2, 0.25) is 5.91 Å². The Morgan fingerprint density at radius 3 is 2.67 bits per heavy atom. The quantitative estimate of drug-likeness (QED) is 0.665. The monoisotopic (exact) mass is 353 g/mol. The number of carbonyl (C=O) groups excluding carboxylic acids is 1. The van der Waals surface area contributed by atoms with Gasteiger partial charge < -0.3 is 25.5 Å². The summed E-state index contributed by atoms with van der Waals surface area (Å²) >= 11 is 0. The molecule has 6 nitrogen and oxygen atoms in total. The second kappa shape index (κ2) is 7.32. The summed E-state index contributed by atoms with van der Waals surface area (Å²) in [7, 11) is 3.29. The van der Waals surface area contributed by atoms with Crippen LogP contribution in [-0.4, -0.2) is 37.2 Å². The number of H-pyrrole nitrogens is 1. The molecule has 0 saturated heterocycles. The van der Waals surface area contributed by atoms with Crippen molar-refractivity contribution in [2.45, 2.75) is 31.2 Å². The molecular weight excluding hydrogens is 330 g/mol. The van der Waals surface area contributed by atoms with E-state index < -0.39 is 5.54 Å². The molecule has 3 rings (SSSR count). The second-order valence-electron chi connectivity index (χ2n) is 6.10. The summed E-state index contributed by atoms with van der Waals surface area (Å²) in [5.74, 6) is 1.52. The van der Waals surface area contributed by atoms with Crippen molar-refractivity contribution in [3.8, 4) is 11.5 Å². The van der Waals surface area contributed by atoms with Gasteiger partial charge in [-0.05, 0) is 31.7 Å². The molecule has 1 heterocycles. The molecule has 4 N–H and O–H groups in total. The molecule has 24 heavy (non-hydrogen) atoms. The van der Waals surface area contributed by atoms with E-state index in [0.29, 0.717) is 6.54 Å². The van der Waals surface area contributed by atoms with Crippen LogP contribution < -0.4 is 20.5 Å². The third-order valence-electron chi connectivity index (χ3n) is 4.33. The zero-order chi connectivity index (χ0) is 16.4. The summed E-state index contributed by atoms with van der Waals surface area (Å²) in [6, 6.07) is 5.91. The first kappa shape index (κ1) is 18.4. The molecule has 1 aromatic carbocycles. The Hall–Kier alpha value is -1.92. The Kier molecular flexibility index (Phi) is 5.62. The van der Waals surface area contributed by atoms with Crippen molar-refractivity contribution in [1.29, 1.82) is 0 Å². The van der Waals surface area contributed by atoms with Gasteiger partial charge in [-0.15, -0.1) is 12.4 Å². The molecule has 1 saturated carbocycles. The van der Waals surface area contributed by atoms with E-state index in [1.165, 1.54) is 0 Å². The maximum absolute atomic E-state index is 11.8. The van der Waals surface area contributed by atoms with Gasteiger partial charge in [0.25, 0.3) is 0 Å². The van der Waals surface area contributed by atoms with Crippen LogP contribution in [0.4, 0.5) is 0 Å². The van der Waals surface area contributed by atoms with Crippen LogP contribution >= 0.6 is 12.4 Å². The number of fused-ring (bicyclic) bond motifs is 1. The molecule has 0 spiro atoms. The smallest absolute Gasteiger partial charge is 0.240 e. The molecule has 0 atom stereocenters. The summed E-state index contributed by atoms with van der Waals surface area (Å²) in [4.78, 5) is 15.1. The molecule has 0 bridgehead atoms. The van der Waals surface area contributed by atoms with Crippen LogP contribution in [0.3, 0.4) is 0 Å². The van der Waals surface area contributed by atoms with Gasteiger partial charge in [0.1, 0.15) is 11.5 Å². The largest absolute Gasteiger partial charge is 0.497 e. The highest BCUT2D eigenvalue weighted by atomic mass is 35.5. The maximum atomic E-state index is 11.8. The number of amides is 1. The molecule has 1 aromatic heterocycles. The number of aryl methyl sites for hydroxylation is 1. The van der Waals surface area contributed by atoms with Crippen molar-refractivity contribution in [1.82, 2.24) is 10.3 Å². The number of ether oxygens (including phenoxy) is 2. The minimum absolute atomic E-state index is 0. The van der Waals surface area contributed by atoms with E-state index in [4.69, 9.17) is 15.2 Å². The minimum atomic E-state index is -0.592. The van der Waals surface area contributed by atoms with Gasteiger partial charge in [-0.1, -0.05) is 0 Å². The number of hydrogen-bond acceptors (Lipinski definition) is 4. The van der Waals surface area contributed by atoms with Crippen molar-refractivity contribution < 1.29 is 14.3 Å². The number of nitrogens with two attached hydrogens (primary N) is 1. The fraction of sp³-hybridized carbons (Fsp3) is 0.471. The van der Waals surface area contributed by atoms with E-state index in [0.717, 1.165) is 53.8 Å². The second-order valence-corrected chi connectivity index (χ2v) is 6.10. The summed E-state index contributed by atoms with van der Waals surface area (Å²) in [6.45, 7) is 0.633. The predicted molar refractivity (Wildman–Crippen MR) is 96.1 cm³/mol. The van der Waals surface area contributed by atoms with Crippen molar-refractivity contribution in [2.24, 2.45) is 5.73 Å². The van der Waals surface area contributed by atoms with Crippen molar-refractivity contribution in [2.75, 3.05) is 20.8 Å². The number of aromatic amines is 1. The van der Waals surface area contributed by atoms with Crippen LogP contribution in [-0.2, 0) is 11.2 Å². The number of nitrogens with one attached hydrogen (secondary N) is 2. The van der Waals surface area contributed by atoms with Crippen molar-refractivity contribution in [3.05, 3.63) is 23.9 Å². The number of methoxy groups -OCH3 is 2. The fourth-order valence-corrected chi connectivity index (χ4v) is 2.68. The lowest BCUT2D eigenvalue weighted by atomic mass is 10.2. The predicted octanol–water partition coefficient (Wildman–Crippen LogP) is 2.15. The van der Waals surface area contributed by atoms with Crippen LogP contribution in [0.15, 0.2) is 18.2 Å². The highest BCUT2D eigenvalue weighted by Crippen LogP contribution is 2.32. The maximum Gasteiger partial charge on any atom is 0.240 e. The zero-order valence-corrected chi connectivity index (χ0v) is 14.8. The number of rotatable bonds is 7. The molecule has 0 unspecified atom stereocenters. The topological polar surface area (TPSA) is 89.4 Å². The molecule has 0 aliphatic heterocycles. The Morgan fingerprint density at radius 2 is 2.04 bits per heavy atom. The number of halogens is 1. The van der Waals surface area contributed by atoms with E-state index in [-0.39, 0.29) is 18.3 Å². The van der Waals surface area contributed by atoms with Crippen LogP contribution in [0.2, 0.25) is 0 Å². The summed E-state index contributed by atoms with van der Waals surface area (Å²) in [6.07, 6.45) is 3.29. The summed E-state index contributed by atoms with van der Waals surface area (Å²) in [5, 5.41) is 3.94. The first-order valence-electron chi connectivity index (χ1n) is 7.86. The zero-order valence-electron chi connectivity index (χ0n) is 14.0. The van der Waals surface area contributed by atoms with Crippen molar-refractivity contribution >= 4 is 29.2 Å². The number of carbonyl (C=O) groups is 1. The van der Waals surface area contributed by atoms with Crippen LogP contribution in [0.25, 0.3) is 10.9 Å². The molecule has 1 amide bonds. The molecule has 1 aliphatic rings. The number of benzene rings is 1. The Morgan fingerprint density at radius 1 is 1.29 bits per heavy atom. The average molecular weight is 354 g/mol. The molecule has 2 aromatic rings. The SMILES string of the molecule is COc1cc(OC)c2cc(CCCNC(=O)C3(N)CC3)[nH]c2c1.Cl. The highest BCUT2D eigenvalue weighted by Gasteiger charge is 2.45. The van der Waals surface area contributed by atoms with E-state index in [9.17, 15) is 4.79 Å². The third kappa shape index (κ3) is 3.76. The molecule has 1 aliphatic carbocycles. The number of aromatic nitrogens is 1. The summed E-state index contributed by atoms with van der Waals surface area (Å²) in [5.41, 5.74) is 7.35. The summed E-state index contributed by atoms with van der Waals surface area (Å²) < 4.78 is 10.7. The van der Waals surface area contributed by atoms with Crippen LogP contribution in [0.5, 0.6) is 11.5 Å².